The maximum absolute atomic E-state index is 11.2. The molecule has 0 unspecified atom stereocenters. The Hall–Kier alpha value is -2.61. The van der Waals surface area contributed by atoms with E-state index in [1.165, 1.54) is 6.07 Å². The second-order valence-electron chi connectivity index (χ2n) is 4.38. The van der Waals surface area contributed by atoms with Crippen molar-refractivity contribution < 1.29 is 10.1 Å². The highest BCUT2D eigenvalue weighted by Gasteiger charge is 2.19. The Balaban J connectivity index is 2.36. The highest BCUT2D eigenvalue weighted by molar-refractivity contribution is 7.09. The van der Waals surface area contributed by atoms with Crippen LogP contribution in [0.2, 0.25) is 0 Å². The molecule has 0 saturated heterocycles. The second-order valence-corrected chi connectivity index (χ2v) is 5.41. The van der Waals surface area contributed by atoms with Crippen LogP contribution in [0.25, 0.3) is 0 Å². The van der Waals surface area contributed by atoms with Crippen molar-refractivity contribution in [2.24, 2.45) is 10.9 Å². The first-order chi connectivity index (χ1) is 10.0. The van der Waals surface area contributed by atoms with Gasteiger partial charge in [-0.1, -0.05) is 11.2 Å². The maximum Gasteiger partial charge on any atom is 0.293 e. The molecule has 0 aliphatic heterocycles. The van der Waals surface area contributed by atoms with E-state index in [4.69, 9.17) is 10.9 Å². The van der Waals surface area contributed by atoms with Crippen molar-refractivity contribution in [3.05, 3.63) is 56.3 Å². The Morgan fingerprint density at radius 1 is 1.52 bits per heavy atom. The summed E-state index contributed by atoms with van der Waals surface area (Å²) in [5, 5.41) is 24.7. The minimum absolute atomic E-state index is 0.0850. The third-order valence-electron chi connectivity index (χ3n) is 2.96. The van der Waals surface area contributed by atoms with Crippen LogP contribution in [0.1, 0.15) is 10.4 Å². The van der Waals surface area contributed by atoms with Gasteiger partial charge >= 0.3 is 0 Å². The fraction of sp³-hybridized carbons (Fsp3) is 0.154. The van der Waals surface area contributed by atoms with Crippen molar-refractivity contribution in [2.45, 2.75) is 6.54 Å². The molecule has 0 saturated carbocycles. The highest BCUT2D eigenvalue weighted by atomic mass is 32.1. The zero-order valence-electron chi connectivity index (χ0n) is 11.3. The lowest BCUT2D eigenvalue weighted by Crippen LogP contribution is -2.18. The molecule has 0 bridgehead atoms. The number of thiophene rings is 1. The summed E-state index contributed by atoms with van der Waals surface area (Å²) in [6, 6.07) is 8.39. The summed E-state index contributed by atoms with van der Waals surface area (Å²) in [6.07, 6.45) is 0. The third kappa shape index (κ3) is 3.29. The fourth-order valence-corrected chi connectivity index (χ4v) is 2.69. The van der Waals surface area contributed by atoms with Gasteiger partial charge < -0.3 is 15.8 Å². The average molecular weight is 306 g/mol. The second kappa shape index (κ2) is 6.23. The zero-order chi connectivity index (χ0) is 15.4. The number of rotatable bonds is 5. The van der Waals surface area contributed by atoms with Gasteiger partial charge in [0.25, 0.3) is 5.69 Å². The van der Waals surface area contributed by atoms with Gasteiger partial charge in [0, 0.05) is 23.6 Å². The molecule has 0 atom stereocenters. The summed E-state index contributed by atoms with van der Waals surface area (Å²) in [7, 11) is 1.78. The van der Waals surface area contributed by atoms with Gasteiger partial charge in [0.15, 0.2) is 5.84 Å². The Kier molecular flexibility index (Phi) is 4.39. The van der Waals surface area contributed by atoms with E-state index >= 15 is 0 Å². The van der Waals surface area contributed by atoms with Crippen LogP contribution in [0.5, 0.6) is 0 Å². The minimum atomic E-state index is -0.478. The topological polar surface area (TPSA) is 105 Å². The van der Waals surface area contributed by atoms with Crippen LogP contribution < -0.4 is 10.6 Å². The lowest BCUT2D eigenvalue weighted by atomic mass is 10.1. The lowest BCUT2D eigenvalue weighted by Gasteiger charge is -2.18. The number of nitrogens with two attached hydrogens (primary N) is 1. The first-order valence-corrected chi connectivity index (χ1v) is 6.90. The van der Waals surface area contributed by atoms with Gasteiger partial charge in [0.05, 0.1) is 11.5 Å². The van der Waals surface area contributed by atoms with Crippen molar-refractivity contribution in [3.63, 3.8) is 0 Å². The van der Waals surface area contributed by atoms with Gasteiger partial charge in [0.2, 0.25) is 0 Å². The van der Waals surface area contributed by atoms with Crippen LogP contribution in [-0.4, -0.2) is 23.0 Å². The van der Waals surface area contributed by atoms with E-state index in [0.29, 0.717) is 17.8 Å². The fourth-order valence-electron chi connectivity index (χ4n) is 1.93. The van der Waals surface area contributed by atoms with E-state index in [1.54, 1.807) is 35.4 Å². The molecule has 0 aliphatic rings. The summed E-state index contributed by atoms with van der Waals surface area (Å²) in [6.45, 7) is 0.571. The first kappa shape index (κ1) is 14.8. The quantitative estimate of drug-likeness (QED) is 0.290. The van der Waals surface area contributed by atoms with Crippen LogP contribution >= 0.6 is 11.3 Å². The van der Waals surface area contributed by atoms with E-state index in [-0.39, 0.29) is 11.5 Å². The molecule has 1 aromatic heterocycles. The molecule has 21 heavy (non-hydrogen) atoms. The van der Waals surface area contributed by atoms with Crippen LogP contribution in [0, 0.1) is 10.1 Å². The molecule has 0 aliphatic carbocycles. The van der Waals surface area contributed by atoms with Crippen molar-refractivity contribution in [1.82, 2.24) is 0 Å². The summed E-state index contributed by atoms with van der Waals surface area (Å²) in [5.74, 6) is -0.162. The Labute approximate surface area is 125 Å². The van der Waals surface area contributed by atoms with Crippen LogP contribution in [0.15, 0.2) is 40.9 Å². The molecule has 0 spiro atoms. The molecule has 8 heteroatoms. The Morgan fingerprint density at radius 3 is 2.86 bits per heavy atom. The van der Waals surface area contributed by atoms with Gasteiger partial charge in [-0.05, 0) is 23.6 Å². The summed E-state index contributed by atoms with van der Waals surface area (Å²) in [5.41, 5.74) is 6.16. The molecule has 2 aromatic rings. The standard InChI is InChI=1S/C13H14N4O3S/c1-16(8-10-3-2-6-21-10)11-5-4-9(13(14)15-18)7-12(11)17(19)20/h2-7,18H,8H2,1H3,(H2,14,15). The van der Waals surface area contributed by atoms with E-state index in [0.717, 1.165) is 4.88 Å². The van der Waals surface area contributed by atoms with Crippen molar-refractivity contribution in [2.75, 3.05) is 11.9 Å². The largest absolute Gasteiger partial charge is 0.409 e. The summed E-state index contributed by atoms with van der Waals surface area (Å²) >= 11 is 1.59. The molecule has 1 heterocycles. The molecule has 7 nitrogen and oxygen atoms in total. The molecule has 110 valence electrons. The maximum atomic E-state index is 11.2. The number of hydrogen-bond donors (Lipinski definition) is 2. The first-order valence-electron chi connectivity index (χ1n) is 6.02. The number of nitro benzene ring substituents is 1. The third-order valence-corrected chi connectivity index (χ3v) is 3.82. The lowest BCUT2D eigenvalue weighted by molar-refractivity contribution is -0.384. The summed E-state index contributed by atoms with van der Waals surface area (Å²) < 4.78 is 0. The van der Waals surface area contributed by atoms with E-state index in [9.17, 15) is 10.1 Å². The number of oxime groups is 1. The average Bonchev–Trinajstić information content (AvgIpc) is 2.98. The number of hydrogen-bond acceptors (Lipinski definition) is 6. The molecule has 0 amide bonds. The Bertz CT molecular complexity index is 670. The molecular weight excluding hydrogens is 292 g/mol. The van der Waals surface area contributed by atoms with Crippen LogP contribution in [0.3, 0.4) is 0 Å². The highest BCUT2D eigenvalue weighted by Crippen LogP contribution is 2.30. The van der Waals surface area contributed by atoms with E-state index < -0.39 is 4.92 Å². The van der Waals surface area contributed by atoms with Gasteiger partial charge in [-0.15, -0.1) is 11.3 Å². The molecule has 3 N–H and O–H groups in total. The number of nitro groups is 1. The normalized spacial score (nSPS) is 11.4. The number of benzene rings is 1. The van der Waals surface area contributed by atoms with Gasteiger partial charge in [-0.2, -0.15) is 0 Å². The summed E-state index contributed by atoms with van der Waals surface area (Å²) in [4.78, 5) is 13.6. The van der Waals surface area contributed by atoms with Gasteiger partial charge in [0.1, 0.15) is 5.69 Å². The minimum Gasteiger partial charge on any atom is -0.409 e. The number of nitrogens with zero attached hydrogens (tertiary/aromatic N) is 3. The predicted molar refractivity (Wildman–Crippen MR) is 82.0 cm³/mol. The SMILES string of the molecule is CN(Cc1cccs1)c1ccc(C(N)=NO)cc1[N+](=O)[O-]. The Morgan fingerprint density at radius 2 is 2.29 bits per heavy atom. The molecular formula is C13H14N4O3S. The molecule has 0 fully saturated rings. The predicted octanol–water partition coefficient (Wildman–Crippen LogP) is 2.39. The molecule has 1 aromatic carbocycles. The van der Waals surface area contributed by atoms with Gasteiger partial charge in [-0.25, -0.2) is 0 Å². The number of amidine groups is 1. The van der Waals surface area contributed by atoms with Crippen molar-refractivity contribution in [1.29, 1.82) is 0 Å². The van der Waals surface area contributed by atoms with Crippen molar-refractivity contribution >= 4 is 28.5 Å². The number of anilines is 1. The van der Waals surface area contributed by atoms with E-state index in [2.05, 4.69) is 5.16 Å². The van der Waals surface area contributed by atoms with Crippen molar-refractivity contribution in [3.8, 4) is 0 Å². The molecule has 2 rings (SSSR count). The monoisotopic (exact) mass is 306 g/mol. The zero-order valence-corrected chi connectivity index (χ0v) is 12.1. The smallest absolute Gasteiger partial charge is 0.293 e. The molecule has 0 radical (unpaired) electrons. The van der Waals surface area contributed by atoms with Crippen LogP contribution in [0.4, 0.5) is 11.4 Å². The van der Waals surface area contributed by atoms with Gasteiger partial charge in [-0.3, -0.25) is 10.1 Å². The van der Waals surface area contributed by atoms with Crippen LogP contribution in [-0.2, 0) is 6.54 Å². The van der Waals surface area contributed by atoms with E-state index in [1.807, 2.05) is 17.5 Å².